The summed E-state index contributed by atoms with van der Waals surface area (Å²) in [5, 5.41) is 2.92. The van der Waals surface area contributed by atoms with E-state index in [1.54, 1.807) is 22.8 Å². The molecule has 3 heterocycles. The maximum Gasteiger partial charge on any atom is 0.225 e. The summed E-state index contributed by atoms with van der Waals surface area (Å²) in [4.78, 5) is 16.8. The summed E-state index contributed by atoms with van der Waals surface area (Å²) in [5.74, 6) is 0.937. The van der Waals surface area contributed by atoms with Gasteiger partial charge in [0.1, 0.15) is 11.4 Å². The SMILES string of the molecule is CCCS(=O)(=O)N1CCC2(CC1)CC(CC(=O)Nc1cccnc1)c1ccccc1O2. The number of hydrogen-bond acceptors (Lipinski definition) is 5. The zero-order valence-corrected chi connectivity index (χ0v) is 18.6. The van der Waals surface area contributed by atoms with Gasteiger partial charge in [0.05, 0.1) is 17.6 Å². The van der Waals surface area contributed by atoms with Crippen molar-refractivity contribution in [1.29, 1.82) is 0 Å². The quantitative estimate of drug-likeness (QED) is 0.738. The minimum absolute atomic E-state index is 0.0143. The number of pyridine rings is 1. The van der Waals surface area contributed by atoms with Crippen molar-refractivity contribution in [2.24, 2.45) is 0 Å². The van der Waals surface area contributed by atoms with Gasteiger partial charge < -0.3 is 10.1 Å². The van der Waals surface area contributed by atoms with E-state index in [4.69, 9.17) is 4.74 Å². The Morgan fingerprint density at radius 3 is 2.71 bits per heavy atom. The molecule has 1 aromatic heterocycles. The summed E-state index contributed by atoms with van der Waals surface area (Å²) in [6.45, 7) is 2.80. The lowest BCUT2D eigenvalue weighted by molar-refractivity contribution is -0.117. The molecule has 2 aromatic rings. The highest BCUT2D eigenvalue weighted by Crippen LogP contribution is 2.46. The highest BCUT2D eigenvalue weighted by Gasteiger charge is 2.45. The summed E-state index contributed by atoms with van der Waals surface area (Å²) in [6.07, 6.45) is 6.21. The molecule has 1 spiro atoms. The number of nitrogens with one attached hydrogen (secondary N) is 1. The zero-order chi connectivity index (χ0) is 21.9. The van der Waals surface area contributed by atoms with Crippen LogP contribution in [-0.2, 0) is 14.8 Å². The molecule has 0 aliphatic carbocycles. The topological polar surface area (TPSA) is 88.6 Å². The standard InChI is InChI=1S/C23H29N3O4S/c1-2-14-31(28,29)26-12-9-23(10-13-26)16-18(20-7-3-4-8-21(20)30-23)15-22(27)25-19-6-5-11-24-17-19/h3-8,11,17-18H,2,9-10,12-16H2,1H3,(H,25,27). The van der Waals surface area contributed by atoms with E-state index in [0.29, 0.717) is 50.9 Å². The fraction of sp³-hybridized carbons (Fsp3) is 0.478. The normalized spacial score (nSPS) is 20.6. The second-order valence-electron chi connectivity index (χ2n) is 8.43. The molecule has 7 nitrogen and oxygen atoms in total. The first kappa shape index (κ1) is 21.8. The van der Waals surface area contributed by atoms with Crippen LogP contribution in [0.2, 0.25) is 0 Å². The second kappa shape index (κ2) is 8.96. The Balaban J connectivity index is 1.49. The van der Waals surface area contributed by atoms with Gasteiger partial charge in [-0.25, -0.2) is 12.7 Å². The number of ether oxygens (including phenoxy) is 1. The number of rotatable bonds is 6. The van der Waals surface area contributed by atoms with Crippen LogP contribution in [0.1, 0.15) is 50.5 Å². The van der Waals surface area contributed by atoms with E-state index in [0.717, 1.165) is 11.3 Å². The Kier molecular flexibility index (Phi) is 6.29. The Hall–Kier alpha value is -2.45. The van der Waals surface area contributed by atoms with Crippen LogP contribution in [0, 0.1) is 0 Å². The summed E-state index contributed by atoms with van der Waals surface area (Å²) in [6, 6.07) is 11.5. The van der Waals surface area contributed by atoms with Gasteiger partial charge in [0.25, 0.3) is 0 Å². The summed E-state index contributed by atoms with van der Waals surface area (Å²) >= 11 is 0. The van der Waals surface area contributed by atoms with Crippen LogP contribution >= 0.6 is 0 Å². The average molecular weight is 444 g/mol. The number of hydrogen-bond donors (Lipinski definition) is 1. The van der Waals surface area contributed by atoms with Crippen molar-refractivity contribution < 1.29 is 17.9 Å². The fourth-order valence-electron chi connectivity index (χ4n) is 4.66. The van der Waals surface area contributed by atoms with Gasteiger partial charge in [-0.2, -0.15) is 0 Å². The van der Waals surface area contributed by atoms with Crippen LogP contribution in [0.3, 0.4) is 0 Å². The molecule has 1 atom stereocenters. The van der Waals surface area contributed by atoms with Crippen LogP contribution in [0.5, 0.6) is 5.75 Å². The van der Waals surface area contributed by atoms with Crippen LogP contribution < -0.4 is 10.1 Å². The molecule has 31 heavy (non-hydrogen) atoms. The molecule has 2 aliphatic rings. The predicted octanol–water partition coefficient (Wildman–Crippen LogP) is 3.55. The predicted molar refractivity (Wildman–Crippen MR) is 120 cm³/mol. The van der Waals surface area contributed by atoms with Crippen molar-refractivity contribution in [1.82, 2.24) is 9.29 Å². The first-order chi connectivity index (χ1) is 14.9. The van der Waals surface area contributed by atoms with E-state index in [1.807, 2.05) is 37.3 Å². The van der Waals surface area contributed by atoms with Crippen molar-refractivity contribution in [3.8, 4) is 5.75 Å². The number of fused-ring (bicyclic) bond motifs is 1. The first-order valence-electron chi connectivity index (χ1n) is 10.9. The Morgan fingerprint density at radius 2 is 2.00 bits per heavy atom. The van der Waals surface area contributed by atoms with E-state index >= 15 is 0 Å². The molecule has 166 valence electrons. The molecule has 4 rings (SSSR count). The van der Waals surface area contributed by atoms with Gasteiger partial charge in [-0.15, -0.1) is 0 Å². The molecule has 1 aromatic carbocycles. The van der Waals surface area contributed by atoms with Crippen LogP contribution in [-0.4, -0.2) is 48.1 Å². The van der Waals surface area contributed by atoms with Gasteiger partial charge in [-0.3, -0.25) is 9.78 Å². The van der Waals surface area contributed by atoms with Crippen LogP contribution in [0.15, 0.2) is 48.8 Å². The molecule has 1 unspecified atom stereocenters. The van der Waals surface area contributed by atoms with Crippen molar-refractivity contribution in [3.05, 3.63) is 54.4 Å². The van der Waals surface area contributed by atoms with Crippen LogP contribution in [0.25, 0.3) is 0 Å². The number of sulfonamides is 1. The number of nitrogens with zero attached hydrogens (tertiary/aromatic N) is 2. The Labute approximate surface area is 183 Å². The number of carbonyl (C=O) groups is 1. The van der Waals surface area contributed by atoms with Gasteiger partial charge >= 0.3 is 0 Å². The van der Waals surface area contributed by atoms with Crippen molar-refractivity contribution >= 4 is 21.6 Å². The third-order valence-corrected chi connectivity index (χ3v) is 8.25. The third kappa shape index (κ3) is 4.91. The minimum atomic E-state index is -3.21. The highest BCUT2D eigenvalue weighted by atomic mass is 32.2. The van der Waals surface area contributed by atoms with E-state index < -0.39 is 15.6 Å². The Bertz CT molecular complexity index is 1020. The van der Waals surface area contributed by atoms with Gasteiger partial charge in [0, 0.05) is 44.5 Å². The van der Waals surface area contributed by atoms with Crippen molar-refractivity contribution in [3.63, 3.8) is 0 Å². The lowest BCUT2D eigenvalue weighted by atomic mass is 9.76. The average Bonchev–Trinajstić information content (AvgIpc) is 2.74. The number of aromatic nitrogens is 1. The second-order valence-corrected chi connectivity index (χ2v) is 10.5. The van der Waals surface area contributed by atoms with Crippen LogP contribution in [0.4, 0.5) is 5.69 Å². The van der Waals surface area contributed by atoms with Crippen molar-refractivity contribution in [2.75, 3.05) is 24.2 Å². The van der Waals surface area contributed by atoms with Gasteiger partial charge in [-0.1, -0.05) is 25.1 Å². The molecule has 1 saturated heterocycles. The lowest BCUT2D eigenvalue weighted by Crippen LogP contribution is -2.52. The summed E-state index contributed by atoms with van der Waals surface area (Å²) in [7, 11) is -3.21. The molecule has 2 aliphatic heterocycles. The van der Waals surface area contributed by atoms with Gasteiger partial charge in [-0.05, 0) is 36.6 Å². The fourth-order valence-corrected chi connectivity index (χ4v) is 6.18. The monoisotopic (exact) mass is 443 g/mol. The largest absolute Gasteiger partial charge is 0.487 e. The van der Waals surface area contributed by atoms with E-state index in [2.05, 4.69) is 10.3 Å². The molecular weight excluding hydrogens is 414 g/mol. The number of anilines is 1. The molecule has 1 amide bonds. The summed E-state index contributed by atoms with van der Waals surface area (Å²) in [5.41, 5.74) is 1.28. The molecule has 0 saturated carbocycles. The van der Waals surface area contributed by atoms with E-state index in [9.17, 15) is 13.2 Å². The molecule has 1 fully saturated rings. The smallest absolute Gasteiger partial charge is 0.225 e. The maximum atomic E-state index is 12.7. The maximum absolute atomic E-state index is 12.7. The number of carbonyl (C=O) groups excluding carboxylic acids is 1. The lowest BCUT2D eigenvalue weighted by Gasteiger charge is -2.46. The number of amides is 1. The first-order valence-corrected chi connectivity index (χ1v) is 12.5. The highest BCUT2D eigenvalue weighted by molar-refractivity contribution is 7.89. The Morgan fingerprint density at radius 1 is 1.23 bits per heavy atom. The van der Waals surface area contributed by atoms with E-state index in [-0.39, 0.29) is 17.6 Å². The molecule has 0 radical (unpaired) electrons. The van der Waals surface area contributed by atoms with Gasteiger partial charge in [0.2, 0.25) is 15.9 Å². The molecule has 0 bridgehead atoms. The van der Waals surface area contributed by atoms with Gasteiger partial charge in [0.15, 0.2) is 0 Å². The number of benzene rings is 1. The molecule has 8 heteroatoms. The van der Waals surface area contributed by atoms with Crippen molar-refractivity contribution in [2.45, 2.75) is 50.5 Å². The minimum Gasteiger partial charge on any atom is -0.487 e. The number of para-hydroxylation sites is 1. The zero-order valence-electron chi connectivity index (χ0n) is 17.8. The number of piperidine rings is 1. The molecular formula is C23H29N3O4S. The molecule has 1 N–H and O–H groups in total. The summed E-state index contributed by atoms with van der Waals surface area (Å²) < 4.78 is 33.0. The third-order valence-electron chi connectivity index (χ3n) is 6.17. The van der Waals surface area contributed by atoms with E-state index in [1.165, 1.54) is 0 Å².